The monoisotopic (exact) mass is 308 g/mol. The summed E-state index contributed by atoms with van der Waals surface area (Å²) < 4.78 is 0. The molecule has 0 saturated heterocycles. The highest BCUT2D eigenvalue weighted by molar-refractivity contribution is 7.99. The second kappa shape index (κ2) is 17.4. The second-order valence-electron chi connectivity index (χ2n) is 5.54. The Balaban J connectivity index is 3.09. The first kappa shape index (κ1) is 20.3. The minimum atomic E-state index is 0.307. The summed E-state index contributed by atoms with van der Waals surface area (Å²) >= 11 is 1.91. The first-order valence-electron chi connectivity index (χ1n) is 8.43. The van der Waals surface area contributed by atoms with Crippen LogP contribution in [0.5, 0.6) is 0 Å². The zero-order valence-corrected chi connectivity index (χ0v) is 14.6. The molecule has 0 aliphatic heterocycles. The van der Waals surface area contributed by atoms with Crippen LogP contribution >= 0.6 is 11.8 Å². The molecule has 0 N–H and O–H groups in total. The summed E-state index contributed by atoms with van der Waals surface area (Å²) in [6.45, 7) is 1.67. The minimum absolute atomic E-state index is 0.307. The Labute approximate surface area is 136 Å². The Hall–Kier alpha value is -0.680. The normalized spacial score (nSPS) is 10.9. The number of thioether (sulfide) groups is 1. The second-order valence-corrected chi connectivity index (χ2v) is 6.77. The summed E-state index contributed by atoms with van der Waals surface area (Å²) in [6.07, 6.45) is 23.0. The van der Waals surface area contributed by atoms with Gasteiger partial charge >= 0.3 is 0 Å². The van der Waals surface area contributed by atoms with Crippen molar-refractivity contribution in [3.63, 3.8) is 0 Å². The van der Waals surface area contributed by atoms with Crippen LogP contribution < -0.4 is 0 Å². The van der Waals surface area contributed by atoms with Crippen LogP contribution in [0.25, 0.3) is 0 Å². The van der Waals surface area contributed by atoms with E-state index < -0.39 is 0 Å². The highest BCUT2D eigenvalue weighted by Crippen LogP contribution is 2.10. The lowest BCUT2D eigenvalue weighted by molar-refractivity contribution is -0.116. The number of hydrogen-bond acceptors (Lipinski definition) is 2. The Morgan fingerprint density at radius 1 is 0.952 bits per heavy atom. The van der Waals surface area contributed by atoms with Crippen molar-refractivity contribution in [2.75, 3.05) is 11.5 Å². The zero-order valence-electron chi connectivity index (χ0n) is 13.7. The van der Waals surface area contributed by atoms with Crippen LogP contribution in [0, 0.1) is 12.3 Å². The van der Waals surface area contributed by atoms with Gasteiger partial charge in [0.05, 0.1) is 0 Å². The van der Waals surface area contributed by atoms with E-state index in [0.717, 1.165) is 18.6 Å². The third kappa shape index (κ3) is 19.3. The van der Waals surface area contributed by atoms with E-state index in [0.29, 0.717) is 5.78 Å². The van der Waals surface area contributed by atoms with Crippen LogP contribution in [0.2, 0.25) is 0 Å². The summed E-state index contributed by atoms with van der Waals surface area (Å²) in [7, 11) is 0. The highest BCUT2D eigenvalue weighted by atomic mass is 32.2. The molecule has 0 heterocycles. The molecule has 0 saturated carbocycles. The largest absolute Gasteiger partial charge is 0.300 e. The Kier molecular flexibility index (Phi) is 16.8. The lowest BCUT2D eigenvalue weighted by atomic mass is 10.1. The quantitative estimate of drug-likeness (QED) is 0.216. The van der Waals surface area contributed by atoms with Crippen molar-refractivity contribution in [3.05, 3.63) is 12.2 Å². The summed E-state index contributed by atoms with van der Waals surface area (Å²) in [5, 5.41) is 0. The summed E-state index contributed by atoms with van der Waals surface area (Å²) in [4.78, 5) is 10.8. The van der Waals surface area contributed by atoms with Gasteiger partial charge in [-0.05, 0) is 51.2 Å². The van der Waals surface area contributed by atoms with Crippen LogP contribution in [0.4, 0.5) is 0 Å². The topological polar surface area (TPSA) is 17.1 Å². The minimum Gasteiger partial charge on any atom is -0.300 e. The lowest BCUT2D eigenvalue weighted by Crippen LogP contribution is -1.92. The van der Waals surface area contributed by atoms with Crippen molar-refractivity contribution in [2.24, 2.45) is 0 Å². The molecule has 0 atom stereocenters. The molecule has 0 fully saturated rings. The van der Waals surface area contributed by atoms with Gasteiger partial charge in [0.2, 0.25) is 0 Å². The van der Waals surface area contributed by atoms with E-state index in [1.54, 1.807) is 6.92 Å². The number of carbonyl (C=O) groups excluding carboxylic acids is 1. The molecular formula is C19H32OS. The number of terminal acetylenes is 1. The van der Waals surface area contributed by atoms with E-state index in [2.05, 4.69) is 18.1 Å². The fourth-order valence-electron chi connectivity index (χ4n) is 2.04. The Morgan fingerprint density at radius 2 is 1.57 bits per heavy atom. The standard InChI is InChI=1S/C19H32OS/c1-3-4-5-6-7-8-9-10-11-12-13-14-15-17-21-18-16-19(2)20/h1,11-12H,4-10,13-18H2,2H3/b12-11-. The van der Waals surface area contributed by atoms with Crippen molar-refractivity contribution < 1.29 is 4.79 Å². The number of ketones is 1. The molecule has 0 rings (SSSR count). The molecule has 0 spiro atoms. The maximum absolute atomic E-state index is 10.8. The lowest BCUT2D eigenvalue weighted by Gasteiger charge is -1.99. The van der Waals surface area contributed by atoms with Gasteiger partial charge in [-0.3, -0.25) is 4.79 Å². The van der Waals surface area contributed by atoms with Gasteiger partial charge in [-0.2, -0.15) is 11.8 Å². The number of Topliss-reactive ketones (excluding diaryl/α,β-unsaturated/α-hetero) is 1. The van der Waals surface area contributed by atoms with Gasteiger partial charge in [0.1, 0.15) is 5.78 Å². The molecule has 0 radical (unpaired) electrons. The van der Waals surface area contributed by atoms with Gasteiger partial charge in [0.15, 0.2) is 0 Å². The third-order valence-corrected chi connectivity index (χ3v) is 4.44. The average Bonchev–Trinajstić information content (AvgIpc) is 2.46. The fraction of sp³-hybridized carbons (Fsp3) is 0.737. The molecular weight excluding hydrogens is 276 g/mol. The fourth-order valence-corrected chi connectivity index (χ4v) is 3.08. The van der Waals surface area contributed by atoms with Crippen molar-refractivity contribution in [1.29, 1.82) is 0 Å². The number of allylic oxidation sites excluding steroid dienone is 2. The SMILES string of the molecule is C#CCCCCCCC/C=C\CCCCSCCC(C)=O. The Morgan fingerprint density at radius 3 is 2.24 bits per heavy atom. The predicted molar refractivity (Wildman–Crippen MR) is 96.8 cm³/mol. The molecule has 0 bridgehead atoms. The molecule has 21 heavy (non-hydrogen) atoms. The van der Waals surface area contributed by atoms with Crippen LogP contribution in [0.1, 0.15) is 77.6 Å². The number of unbranched alkanes of at least 4 members (excludes halogenated alkanes) is 8. The highest BCUT2D eigenvalue weighted by Gasteiger charge is 1.94. The third-order valence-electron chi connectivity index (χ3n) is 3.37. The molecule has 1 nitrogen and oxygen atoms in total. The van der Waals surface area contributed by atoms with Crippen molar-refractivity contribution in [3.8, 4) is 12.3 Å². The molecule has 0 aromatic heterocycles. The van der Waals surface area contributed by atoms with Gasteiger partial charge in [-0.25, -0.2) is 0 Å². The van der Waals surface area contributed by atoms with Gasteiger partial charge in [0, 0.05) is 18.6 Å². The van der Waals surface area contributed by atoms with Crippen LogP contribution in [-0.2, 0) is 4.79 Å². The maximum Gasteiger partial charge on any atom is 0.130 e. The molecule has 0 aliphatic carbocycles. The Bertz CT molecular complexity index is 301. The molecule has 0 aliphatic rings. The first-order valence-corrected chi connectivity index (χ1v) is 9.58. The summed E-state index contributed by atoms with van der Waals surface area (Å²) in [6, 6.07) is 0. The molecule has 120 valence electrons. The van der Waals surface area contributed by atoms with E-state index in [9.17, 15) is 4.79 Å². The van der Waals surface area contributed by atoms with Crippen LogP contribution in [0.15, 0.2) is 12.2 Å². The van der Waals surface area contributed by atoms with E-state index >= 15 is 0 Å². The molecule has 0 aromatic carbocycles. The molecule has 2 heteroatoms. The van der Waals surface area contributed by atoms with Gasteiger partial charge in [0.25, 0.3) is 0 Å². The smallest absolute Gasteiger partial charge is 0.130 e. The van der Waals surface area contributed by atoms with Gasteiger partial charge < -0.3 is 0 Å². The van der Waals surface area contributed by atoms with E-state index in [1.165, 1.54) is 63.5 Å². The summed E-state index contributed by atoms with van der Waals surface area (Å²) in [5.74, 6) is 5.18. The number of rotatable bonds is 15. The predicted octanol–water partition coefficient (Wildman–Crippen LogP) is 5.79. The molecule has 0 amide bonds. The van der Waals surface area contributed by atoms with Crippen molar-refractivity contribution in [1.82, 2.24) is 0 Å². The van der Waals surface area contributed by atoms with Crippen molar-refractivity contribution >= 4 is 17.5 Å². The van der Waals surface area contributed by atoms with Crippen LogP contribution in [0.3, 0.4) is 0 Å². The molecule has 0 unspecified atom stereocenters. The van der Waals surface area contributed by atoms with Crippen molar-refractivity contribution in [2.45, 2.75) is 77.6 Å². The van der Waals surface area contributed by atoms with Crippen LogP contribution in [-0.4, -0.2) is 17.3 Å². The van der Waals surface area contributed by atoms with E-state index in [-0.39, 0.29) is 0 Å². The zero-order chi connectivity index (χ0) is 15.6. The maximum atomic E-state index is 10.8. The number of hydrogen-bond donors (Lipinski definition) is 0. The first-order chi connectivity index (χ1) is 10.3. The van der Waals surface area contributed by atoms with Gasteiger partial charge in [-0.15, -0.1) is 12.3 Å². The van der Waals surface area contributed by atoms with E-state index in [4.69, 9.17) is 6.42 Å². The van der Waals surface area contributed by atoms with Gasteiger partial charge in [-0.1, -0.05) is 31.4 Å². The average molecular weight is 309 g/mol. The number of carbonyl (C=O) groups is 1. The summed E-state index contributed by atoms with van der Waals surface area (Å²) in [5.41, 5.74) is 0. The van der Waals surface area contributed by atoms with E-state index in [1.807, 2.05) is 11.8 Å². The molecule has 0 aromatic rings.